The summed E-state index contributed by atoms with van der Waals surface area (Å²) < 4.78 is 1.87. The average Bonchev–Trinajstić information content (AvgIpc) is 2.37. The molecule has 0 amide bonds. The van der Waals surface area contributed by atoms with Crippen LogP contribution >= 0.6 is 0 Å². The predicted molar refractivity (Wildman–Crippen MR) is 38.9 cm³/mol. The highest BCUT2D eigenvalue weighted by molar-refractivity contribution is 5.02. The molecule has 0 aromatic carbocycles. The van der Waals surface area contributed by atoms with Crippen LogP contribution < -0.4 is 11.3 Å². The van der Waals surface area contributed by atoms with E-state index in [0.29, 0.717) is 6.54 Å². The van der Waals surface area contributed by atoms with E-state index in [-0.39, 0.29) is 0 Å². The zero-order valence-corrected chi connectivity index (χ0v) is 6.04. The molecule has 1 rings (SSSR count). The van der Waals surface area contributed by atoms with Crippen molar-refractivity contribution < 1.29 is 0 Å². The first-order valence-corrected chi connectivity index (χ1v) is 3.31. The van der Waals surface area contributed by atoms with Crippen LogP contribution in [0.15, 0.2) is 12.4 Å². The zero-order chi connectivity index (χ0) is 7.40. The lowest BCUT2D eigenvalue weighted by atomic mass is 10.4. The van der Waals surface area contributed by atoms with E-state index in [1.165, 1.54) is 0 Å². The number of hydrogen-bond acceptors (Lipinski definition) is 3. The molecule has 0 radical (unpaired) electrons. The maximum absolute atomic E-state index is 5.12. The molecule has 1 aromatic rings. The van der Waals surface area contributed by atoms with Gasteiger partial charge in [-0.25, -0.2) is 0 Å². The van der Waals surface area contributed by atoms with E-state index in [2.05, 4.69) is 10.5 Å². The van der Waals surface area contributed by atoms with E-state index >= 15 is 0 Å². The van der Waals surface area contributed by atoms with Gasteiger partial charge >= 0.3 is 0 Å². The first-order valence-electron chi connectivity index (χ1n) is 3.31. The van der Waals surface area contributed by atoms with Crippen LogP contribution in [0.1, 0.15) is 12.5 Å². The average molecular weight is 140 g/mol. The van der Waals surface area contributed by atoms with Crippen molar-refractivity contribution in [2.45, 2.75) is 20.0 Å². The van der Waals surface area contributed by atoms with Crippen molar-refractivity contribution >= 4 is 0 Å². The van der Waals surface area contributed by atoms with Gasteiger partial charge in [0, 0.05) is 24.8 Å². The molecule has 1 aromatic heterocycles. The highest BCUT2D eigenvalue weighted by atomic mass is 15.3. The molecule has 0 fully saturated rings. The third-order valence-corrected chi connectivity index (χ3v) is 1.32. The molecule has 0 saturated heterocycles. The minimum atomic E-state index is 0.681. The Bertz CT molecular complexity index is 193. The van der Waals surface area contributed by atoms with Gasteiger partial charge in [-0.1, -0.05) is 0 Å². The quantitative estimate of drug-likeness (QED) is 0.454. The number of nitrogens with two attached hydrogens (primary N) is 1. The number of rotatable bonds is 3. The predicted octanol–water partition coefficient (Wildman–Crippen LogP) is -0.134. The van der Waals surface area contributed by atoms with Gasteiger partial charge in [0.25, 0.3) is 0 Å². The van der Waals surface area contributed by atoms with Gasteiger partial charge in [0.05, 0.1) is 6.20 Å². The summed E-state index contributed by atoms with van der Waals surface area (Å²) in [7, 11) is 0. The normalized spacial score (nSPS) is 10.2. The molecule has 0 aliphatic rings. The lowest BCUT2D eigenvalue weighted by Gasteiger charge is -1.92. The summed E-state index contributed by atoms with van der Waals surface area (Å²) in [6, 6.07) is 0. The van der Waals surface area contributed by atoms with E-state index in [0.717, 1.165) is 12.1 Å². The van der Waals surface area contributed by atoms with Crippen molar-refractivity contribution in [3.63, 3.8) is 0 Å². The van der Waals surface area contributed by atoms with Gasteiger partial charge in [0.15, 0.2) is 0 Å². The number of hydrogen-bond donors (Lipinski definition) is 2. The smallest absolute Gasteiger partial charge is 0.0535 e. The summed E-state index contributed by atoms with van der Waals surface area (Å²) >= 11 is 0. The van der Waals surface area contributed by atoms with Gasteiger partial charge < -0.3 is 0 Å². The number of aryl methyl sites for hydroxylation is 1. The molecule has 0 unspecified atom stereocenters. The van der Waals surface area contributed by atoms with E-state index < -0.39 is 0 Å². The fraction of sp³-hybridized carbons (Fsp3) is 0.500. The van der Waals surface area contributed by atoms with E-state index in [1.807, 2.05) is 24.0 Å². The van der Waals surface area contributed by atoms with Crippen LogP contribution in [0.3, 0.4) is 0 Å². The van der Waals surface area contributed by atoms with Crippen LogP contribution in [0, 0.1) is 0 Å². The van der Waals surface area contributed by atoms with E-state index in [9.17, 15) is 0 Å². The lowest BCUT2D eigenvalue weighted by molar-refractivity contribution is 0.657. The summed E-state index contributed by atoms with van der Waals surface area (Å²) in [6.07, 6.45) is 3.78. The lowest BCUT2D eigenvalue weighted by Crippen LogP contribution is -2.20. The summed E-state index contributed by atoms with van der Waals surface area (Å²) in [5.41, 5.74) is 3.68. The minimum Gasteiger partial charge on any atom is -0.273 e. The van der Waals surface area contributed by atoms with Gasteiger partial charge in [-0.15, -0.1) is 0 Å². The molecule has 0 bridgehead atoms. The molecule has 56 valence electrons. The number of hydrazine groups is 1. The van der Waals surface area contributed by atoms with Crippen LogP contribution in [0.25, 0.3) is 0 Å². The maximum atomic E-state index is 5.12. The molecular weight excluding hydrogens is 128 g/mol. The first kappa shape index (κ1) is 7.24. The fourth-order valence-corrected chi connectivity index (χ4v) is 0.788. The molecule has 1 heterocycles. The minimum absolute atomic E-state index is 0.681. The van der Waals surface area contributed by atoms with Crippen LogP contribution in [0.4, 0.5) is 0 Å². The summed E-state index contributed by atoms with van der Waals surface area (Å²) in [5.74, 6) is 5.12. The monoisotopic (exact) mass is 140 g/mol. The topological polar surface area (TPSA) is 55.9 Å². The highest BCUT2D eigenvalue weighted by Gasteiger charge is 1.93. The number of nitrogens with zero attached hydrogens (tertiary/aromatic N) is 2. The van der Waals surface area contributed by atoms with Crippen molar-refractivity contribution in [2.24, 2.45) is 5.84 Å². The Labute approximate surface area is 60.0 Å². The Kier molecular flexibility index (Phi) is 2.42. The zero-order valence-electron chi connectivity index (χ0n) is 6.04. The molecule has 0 aliphatic heterocycles. The van der Waals surface area contributed by atoms with E-state index in [1.54, 1.807) is 0 Å². The van der Waals surface area contributed by atoms with Gasteiger partial charge in [-0.2, -0.15) is 5.10 Å². The molecule has 0 aliphatic carbocycles. The molecule has 3 N–H and O–H groups in total. The molecule has 4 nitrogen and oxygen atoms in total. The van der Waals surface area contributed by atoms with Gasteiger partial charge in [-0.3, -0.25) is 16.0 Å². The fourth-order valence-electron chi connectivity index (χ4n) is 0.788. The second-order valence-corrected chi connectivity index (χ2v) is 2.09. The number of nitrogens with one attached hydrogen (secondary N) is 1. The van der Waals surface area contributed by atoms with Crippen LogP contribution in [0.5, 0.6) is 0 Å². The molecule has 0 atom stereocenters. The van der Waals surface area contributed by atoms with Gasteiger partial charge in [-0.05, 0) is 6.92 Å². The molecule has 0 saturated carbocycles. The van der Waals surface area contributed by atoms with Gasteiger partial charge in [0.2, 0.25) is 0 Å². The maximum Gasteiger partial charge on any atom is 0.0535 e. The molecular formula is C6H12N4. The van der Waals surface area contributed by atoms with Crippen molar-refractivity contribution in [3.05, 3.63) is 18.0 Å². The number of aromatic nitrogens is 2. The van der Waals surface area contributed by atoms with E-state index in [4.69, 9.17) is 5.84 Å². The summed E-state index contributed by atoms with van der Waals surface area (Å²) in [5, 5.41) is 4.07. The summed E-state index contributed by atoms with van der Waals surface area (Å²) in [6.45, 7) is 3.64. The van der Waals surface area contributed by atoms with Gasteiger partial charge in [0.1, 0.15) is 0 Å². The Hall–Kier alpha value is -0.870. The summed E-state index contributed by atoms with van der Waals surface area (Å²) in [4.78, 5) is 0. The highest BCUT2D eigenvalue weighted by Crippen LogP contribution is 1.95. The van der Waals surface area contributed by atoms with Crippen molar-refractivity contribution in [1.29, 1.82) is 0 Å². The van der Waals surface area contributed by atoms with Crippen molar-refractivity contribution in [2.75, 3.05) is 0 Å². The molecule has 10 heavy (non-hydrogen) atoms. The van der Waals surface area contributed by atoms with Crippen LogP contribution in [0.2, 0.25) is 0 Å². The first-order chi connectivity index (χ1) is 4.86. The second kappa shape index (κ2) is 3.34. The third kappa shape index (κ3) is 1.55. The Morgan fingerprint density at radius 1 is 1.80 bits per heavy atom. The Morgan fingerprint density at radius 3 is 3.10 bits per heavy atom. The third-order valence-electron chi connectivity index (χ3n) is 1.32. The Balaban J connectivity index is 2.59. The Morgan fingerprint density at radius 2 is 2.60 bits per heavy atom. The standard InChI is InChI=1S/C6H12N4/c1-2-10-5-6(3-8-7)4-9-10/h4-5,8H,2-3,7H2,1H3. The SMILES string of the molecule is CCn1cc(CNN)cn1. The second-order valence-electron chi connectivity index (χ2n) is 2.09. The largest absolute Gasteiger partial charge is 0.273 e. The van der Waals surface area contributed by atoms with Crippen molar-refractivity contribution in [3.8, 4) is 0 Å². The van der Waals surface area contributed by atoms with Crippen molar-refractivity contribution in [1.82, 2.24) is 15.2 Å². The van der Waals surface area contributed by atoms with Crippen LogP contribution in [-0.2, 0) is 13.1 Å². The van der Waals surface area contributed by atoms with Crippen LogP contribution in [-0.4, -0.2) is 9.78 Å². The molecule has 4 heteroatoms. The molecule has 0 spiro atoms.